The first-order valence-corrected chi connectivity index (χ1v) is 9.64. The summed E-state index contributed by atoms with van der Waals surface area (Å²) < 4.78 is 16.5. The Morgan fingerprint density at radius 1 is 1.07 bits per heavy atom. The summed E-state index contributed by atoms with van der Waals surface area (Å²) in [5.41, 5.74) is 1.90. The highest BCUT2D eigenvalue weighted by Gasteiger charge is 2.21. The Balaban J connectivity index is 1.27. The fourth-order valence-electron chi connectivity index (χ4n) is 3.78. The number of likely N-dealkylation sites (tertiary alicyclic amines) is 1. The van der Waals surface area contributed by atoms with Crippen molar-refractivity contribution in [3.8, 4) is 11.5 Å². The van der Waals surface area contributed by atoms with Crippen LogP contribution in [0.1, 0.15) is 34.7 Å². The van der Waals surface area contributed by atoms with Crippen molar-refractivity contribution < 1.29 is 19.0 Å². The van der Waals surface area contributed by atoms with Crippen molar-refractivity contribution >= 4 is 5.97 Å². The van der Waals surface area contributed by atoms with Gasteiger partial charge in [-0.15, -0.1) is 0 Å². The highest BCUT2D eigenvalue weighted by Crippen LogP contribution is 2.31. The minimum Gasteiger partial charge on any atom is -0.486 e. The fraction of sp³-hybridized carbons (Fsp3) is 0.409. The Morgan fingerprint density at radius 2 is 1.89 bits per heavy atom. The maximum Gasteiger partial charge on any atom is 0.338 e. The average molecular weight is 367 g/mol. The molecule has 2 aromatic carbocycles. The van der Waals surface area contributed by atoms with Crippen molar-refractivity contribution in [1.29, 1.82) is 0 Å². The minimum atomic E-state index is -0.316. The Hall–Kier alpha value is -2.53. The standard InChI is InChI=1S/C22H25NO4/c24-22(18-8-9-20-21(15-18)26-14-13-25-20)27-12-11-23-10-4-7-19(16-23)17-5-2-1-3-6-17/h1-3,5-6,8-9,15,19H,4,7,10-14,16H2/t19-/m0/s1. The second kappa shape index (κ2) is 8.44. The Labute approximate surface area is 159 Å². The number of carbonyl (C=O) groups is 1. The monoisotopic (exact) mass is 367 g/mol. The van der Waals surface area contributed by atoms with Gasteiger partial charge in [0.15, 0.2) is 11.5 Å². The summed E-state index contributed by atoms with van der Waals surface area (Å²) >= 11 is 0. The van der Waals surface area contributed by atoms with Gasteiger partial charge in [-0.1, -0.05) is 30.3 Å². The lowest BCUT2D eigenvalue weighted by Crippen LogP contribution is -2.37. The molecule has 4 rings (SSSR count). The maximum atomic E-state index is 12.3. The predicted octanol–water partition coefficient (Wildman–Crippen LogP) is 3.49. The van der Waals surface area contributed by atoms with Gasteiger partial charge in [-0.3, -0.25) is 4.90 Å². The van der Waals surface area contributed by atoms with Crippen molar-refractivity contribution in [3.63, 3.8) is 0 Å². The molecule has 5 heteroatoms. The number of piperidine rings is 1. The summed E-state index contributed by atoms with van der Waals surface area (Å²) in [5, 5.41) is 0. The van der Waals surface area contributed by atoms with E-state index in [0.29, 0.717) is 42.8 Å². The number of fused-ring (bicyclic) bond motifs is 1. The van der Waals surface area contributed by atoms with Gasteiger partial charge >= 0.3 is 5.97 Å². The summed E-state index contributed by atoms with van der Waals surface area (Å²) in [5.74, 6) is 1.53. The molecule has 0 radical (unpaired) electrons. The zero-order valence-corrected chi connectivity index (χ0v) is 15.4. The maximum absolute atomic E-state index is 12.3. The van der Waals surface area contributed by atoms with E-state index in [1.54, 1.807) is 18.2 Å². The van der Waals surface area contributed by atoms with Crippen LogP contribution >= 0.6 is 0 Å². The van der Waals surface area contributed by atoms with Crippen LogP contribution in [0.3, 0.4) is 0 Å². The molecule has 27 heavy (non-hydrogen) atoms. The highest BCUT2D eigenvalue weighted by atomic mass is 16.6. The van der Waals surface area contributed by atoms with Crippen LogP contribution in [0, 0.1) is 0 Å². The second-order valence-corrected chi connectivity index (χ2v) is 7.04. The van der Waals surface area contributed by atoms with E-state index in [4.69, 9.17) is 14.2 Å². The third-order valence-electron chi connectivity index (χ3n) is 5.20. The highest BCUT2D eigenvalue weighted by molar-refractivity contribution is 5.90. The summed E-state index contributed by atoms with van der Waals surface area (Å²) in [7, 11) is 0. The van der Waals surface area contributed by atoms with Crippen LogP contribution in [0.5, 0.6) is 11.5 Å². The van der Waals surface area contributed by atoms with E-state index >= 15 is 0 Å². The largest absolute Gasteiger partial charge is 0.486 e. The molecule has 5 nitrogen and oxygen atoms in total. The van der Waals surface area contributed by atoms with Crippen molar-refractivity contribution in [2.75, 3.05) is 39.5 Å². The summed E-state index contributed by atoms with van der Waals surface area (Å²) in [6, 6.07) is 15.9. The second-order valence-electron chi connectivity index (χ2n) is 7.04. The van der Waals surface area contributed by atoms with Crippen LogP contribution in [0.15, 0.2) is 48.5 Å². The van der Waals surface area contributed by atoms with Crippen molar-refractivity contribution in [2.45, 2.75) is 18.8 Å². The van der Waals surface area contributed by atoms with Crippen molar-refractivity contribution in [2.24, 2.45) is 0 Å². The molecule has 0 saturated carbocycles. The third kappa shape index (κ3) is 4.42. The van der Waals surface area contributed by atoms with Crippen LogP contribution in [-0.2, 0) is 4.74 Å². The van der Waals surface area contributed by atoms with Gasteiger partial charge in [0.25, 0.3) is 0 Å². The molecular formula is C22H25NO4. The first kappa shape index (κ1) is 17.9. The fourth-order valence-corrected chi connectivity index (χ4v) is 3.78. The number of rotatable bonds is 5. The quantitative estimate of drug-likeness (QED) is 0.757. The van der Waals surface area contributed by atoms with Crippen molar-refractivity contribution in [3.05, 3.63) is 59.7 Å². The lowest BCUT2D eigenvalue weighted by molar-refractivity contribution is 0.0445. The van der Waals surface area contributed by atoms with E-state index in [-0.39, 0.29) is 5.97 Å². The zero-order chi connectivity index (χ0) is 18.5. The molecule has 0 bridgehead atoms. The van der Waals surface area contributed by atoms with Crippen molar-refractivity contribution in [1.82, 2.24) is 4.90 Å². The molecule has 1 atom stereocenters. The van der Waals surface area contributed by atoms with Crippen LogP contribution < -0.4 is 9.47 Å². The van der Waals surface area contributed by atoms with Crippen LogP contribution in [0.25, 0.3) is 0 Å². The van der Waals surface area contributed by atoms with E-state index in [0.717, 1.165) is 19.6 Å². The smallest absolute Gasteiger partial charge is 0.338 e. The van der Waals surface area contributed by atoms with Gasteiger partial charge in [-0.25, -0.2) is 4.79 Å². The molecule has 0 N–H and O–H groups in total. The Kier molecular flexibility index (Phi) is 5.58. The molecule has 0 unspecified atom stereocenters. The number of hydrogen-bond acceptors (Lipinski definition) is 5. The van der Waals surface area contributed by atoms with Gasteiger partial charge in [0.05, 0.1) is 5.56 Å². The van der Waals surface area contributed by atoms with E-state index < -0.39 is 0 Å². The number of carbonyl (C=O) groups excluding carboxylic acids is 1. The number of hydrogen-bond donors (Lipinski definition) is 0. The Bertz CT molecular complexity index is 777. The number of benzene rings is 2. The molecule has 1 fully saturated rings. The average Bonchev–Trinajstić information content (AvgIpc) is 2.74. The molecule has 142 valence electrons. The lowest BCUT2D eigenvalue weighted by atomic mass is 9.91. The molecule has 2 aliphatic heterocycles. The number of nitrogens with zero attached hydrogens (tertiary/aromatic N) is 1. The number of ether oxygens (including phenoxy) is 3. The lowest BCUT2D eigenvalue weighted by Gasteiger charge is -2.32. The Morgan fingerprint density at radius 3 is 2.74 bits per heavy atom. The molecule has 2 aromatic rings. The van der Waals surface area contributed by atoms with Gasteiger partial charge in [0.2, 0.25) is 0 Å². The van der Waals surface area contributed by atoms with Gasteiger partial charge in [0.1, 0.15) is 19.8 Å². The first-order chi connectivity index (χ1) is 13.3. The van der Waals surface area contributed by atoms with E-state index in [1.165, 1.54) is 18.4 Å². The van der Waals surface area contributed by atoms with Gasteiger partial charge < -0.3 is 14.2 Å². The summed E-state index contributed by atoms with van der Waals surface area (Å²) in [6.45, 7) is 4.28. The molecule has 1 saturated heterocycles. The van der Waals surface area contributed by atoms with Gasteiger partial charge in [0, 0.05) is 13.1 Å². The van der Waals surface area contributed by atoms with E-state index in [9.17, 15) is 4.79 Å². The van der Waals surface area contributed by atoms with Crippen LogP contribution in [0.2, 0.25) is 0 Å². The van der Waals surface area contributed by atoms with Gasteiger partial charge in [-0.05, 0) is 49.1 Å². The summed E-state index contributed by atoms with van der Waals surface area (Å²) in [4.78, 5) is 14.7. The van der Waals surface area contributed by atoms with E-state index in [1.807, 2.05) is 0 Å². The van der Waals surface area contributed by atoms with Crippen LogP contribution in [-0.4, -0.2) is 50.3 Å². The number of esters is 1. The normalized spacial score (nSPS) is 19.5. The molecule has 0 amide bonds. The van der Waals surface area contributed by atoms with E-state index in [2.05, 4.69) is 35.2 Å². The van der Waals surface area contributed by atoms with Crippen LogP contribution in [0.4, 0.5) is 0 Å². The SMILES string of the molecule is O=C(OCCN1CCC[C@H](c2ccccc2)C1)c1ccc2c(c1)OCCO2. The molecule has 2 heterocycles. The molecular weight excluding hydrogens is 342 g/mol. The zero-order valence-electron chi connectivity index (χ0n) is 15.4. The predicted molar refractivity (Wildman–Crippen MR) is 103 cm³/mol. The topological polar surface area (TPSA) is 48.0 Å². The third-order valence-corrected chi connectivity index (χ3v) is 5.20. The minimum absolute atomic E-state index is 0.316. The molecule has 0 spiro atoms. The molecule has 0 aliphatic carbocycles. The van der Waals surface area contributed by atoms with Gasteiger partial charge in [-0.2, -0.15) is 0 Å². The molecule has 0 aromatic heterocycles. The first-order valence-electron chi connectivity index (χ1n) is 9.64. The molecule has 2 aliphatic rings. The summed E-state index contributed by atoms with van der Waals surface area (Å²) in [6.07, 6.45) is 2.40.